The lowest BCUT2D eigenvalue weighted by Crippen LogP contribution is -2.07. The van der Waals surface area contributed by atoms with Gasteiger partial charge in [-0.3, -0.25) is 4.79 Å². The van der Waals surface area contributed by atoms with Crippen LogP contribution in [0.5, 0.6) is 5.75 Å². The van der Waals surface area contributed by atoms with Crippen molar-refractivity contribution in [2.24, 2.45) is 0 Å². The lowest BCUT2D eigenvalue weighted by Gasteiger charge is -2.09. The van der Waals surface area contributed by atoms with E-state index in [1.54, 1.807) is 30.5 Å². The van der Waals surface area contributed by atoms with Crippen LogP contribution in [0.25, 0.3) is 10.9 Å². The number of fused-ring (bicyclic) bond motifs is 1. The molecule has 1 aromatic heterocycles. The maximum Gasteiger partial charge on any atom is 0.200 e. The van der Waals surface area contributed by atoms with Crippen molar-refractivity contribution < 1.29 is 13.9 Å². The number of carbonyl (C=O) groups is 1. The summed E-state index contributed by atoms with van der Waals surface area (Å²) in [6.07, 6.45) is 1.55. The van der Waals surface area contributed by atoms with Gasteiger partial charge in [-0.05, 0) is 30.3 Å². The van der Waals surface area contributed by atoms with E-state index in [1.165, 1.54) is 19.2 Å². The van der Waals surface area contributed by atoms with E-state index < -0.39 is 5.82 Å². The predicted molar refractivity (Wildman–Crippen MR) is 79.1 cm³/mol. The highest BCUT2D eigenvalue weighted by Crippen LogP contribution is 2.30. The number of anilines is 1. The Morgan fingerprint density at radius 3 is 2.86 bits per heavy atom. The molecule has 0 fully saturated rings. The summed E-state index contributed by atoms with van der Waals surface area (Å²) in [5.74, 6) is -0.309. The van der Waals surface area contributed by atoms with E-state index in [-0.39, 0.29) is 11.3 Å². The van der Waals surface area contributed by atoms with Gasteiger partial charge in [0.25, 0.3) is 0 Å². The molecule has 1 heterocycles. The molecule has 3 N–H and O–H groups in total. The van der Waals surface area contributed by atoms with Crippen molar-refractivity contribution in [2.45, 2.75) is 0 Å². The lowest BCUT2D eigenvalue weighted by atomic mass is 10.00. The van der Waals surface area contributed by atoms with Gasteiger partial charge in [-0.25, -0.2) is 4.39 Å². The number of halogens is 1. The average molecular weight is 284 g/mol. The number of hydrogen-bond donors (Lipinski definition) is 2. The maximum atomic E-state index is 13.4. The smallest absolute Gasteiger partial charge is 0.200 e. The second-order valence-electron chi connectivity index (χ2n) is 4.65. The SMILES string of the molecule is COc1cccc(N)c1C(=O)c1c[nH]c2ccc(F)cc12. The van der Waals surface area contributed by atoms with Crippen molar-refractivity contribution in [3.8, 4) is 5.75 Å². The number of nitrogen functional groups attached to an aromatic ring is 1. The van der Waals surface area contributed by atoms with Crippen LogP contribution >= 0.6 is 0 Å². The third-order valence-corrected chi connectivity index (χ3v) is 3.39. The van der Waals surface area contributed by atoms with Crippen LogP contribution in [0.1, 0.15) is 15.9 Å². The number of carbonyl (C=O) groups excluding carboxylic acids is 1. The number of methoxy groups -OCH3 is 1. The molecule has 5 heteroatoms. The Hall–Kier alpha value is -2.82. The van der Waals surface area contributed by atoms with Gasteiger partial charge < -0.3 is 15.5 Å². The fraction of sp³-hybridized carbons (Fsp3) is 0.0625. The Balaban J connectivity index is 2.20. The number of H-pyrrole nitrogens is 1. The average Bonchev–Trinajstić information content (AvgIpc) is 2.89. The standard InChI is InChI=1S/C16H13FN2O2/c1-21-14-4-2-3-12(18)15(14)16(20)11-8-19-13-6-5-9(17)7-10(11)13/h2-8,19H,18H2,1H3. The molecule has 0 aliphatic rings. The van der Waals surface area contributed by atoms with Crippen LogP contribution in [0.15, 0.2) is 42.6 Å². The summed E-state index contributed by atoms with van der Waals surface area (Å²) in [7, 11) is 1.47. The van der Waals surface area contributed by atoms with Crippen LogP contribution < -0.4 is 10.5 Å². The minimum Gasteiger partial charge on any atom is -0.496 e. The first-order valence-corrected chi connectivity index (χ1v) is 6.35. The van der Waals surface area contributed by atoms with E-state index in [0.29, 0.717) is 27.9 Å². The van der Waals surface area contributed by atoms with Gasteiger partial charge in [0, 0.05) is 28.4 Å². The fourth-order valence-corrected chi connectivity index (χ4v) is 2.38. The van der Waals surface area contributed by atoms with E-state index in [2.05, 4.69) is 4.98 Å². The highest BCUT2D eigenvalue weighted by Gasteiger charge is 2.20. The van der Waals surface area contributed by atoms with Crippen LogP contribution in [0, 0.1) is 5.82 Å². The van der Waals surface area contributed by atoms with E-state index in [9.17, 15) is 9.18 Å². The molecule has 0 aliphatic heterocycles. The zero-order valence-corrected chi connectivity index (χ0v) is 11.3. The number of rotatable bonds is 3. The molecule has 0 saturated heterocycles. The van der Waals surface area contributed by atoms with Crippen LogP contribution in [0.2, 0.25) is 0 Å². The van der Waals surface area contributed by atoms with Gasteiger partial charge in [0.05, 0.1) is 12.7 Å². The highest BCUT2D eigenvalue weighted by atomic mass is 19.1. The molecular formula is C16H13FN2O2. The summed E-state index contributed by atoms with van der Waals surface area (Å²) in [6.45, 7) is 0. The van der Waals surface area contributed by atoms with Gasteiger partial charge in [0.1, 0.15) is 11.6 Å². The topological polar surface area (TPSA) is 68.1 Å². The van der Waals surface area contributed by atoms with E-state index in [4.69, 9.17) is 10.5 Å². The Morgan fingerprint density at radius 2 is 2.10 bits per heavy atom. The van der Waals surface area contributed by atoms with Gasteiger partial charge >= 0.3 is 0 Å². The molecule has 2 aromatic carbocycles. The summed E-state index contributed by atoms with van der Waals surface area (Å²) >= 11 is 0. The number of aromatic nitrogens is 1. The van der Waals surface area contributed by atoms with Crippen molar-refractivity contribution in [3.05, 3.63) is 59.5 Å². The summed E-state index contributed by atoms with van der Waals surface area (Å²) in [6, 6.07) is 9.26. The number of ketones is 1. The van der Waals surface area contributed by atoms with Crippen LogP contribution in [0.3, 0.4) is 0 Å². The Bertz CT molecular complexity index is 839. The van der Waals surface area contributed by atoms with Gasteiger partial charge in [0.2, 0.25) is 5.78 Å². The van der Waals surface area contributed by atoms with E-state index in [0.717, 1.165) is 0 Å². The largest absolute Gasteiger partial charge is 0.496 e. The first-order chi connectivity index (χ1) is 10.1. The second kappa shape index (κ2) is 4.94. The van der Waals surface area contributed by atoms with Crippen LogP contribution in [-0.2, 0) is 0 Å². The molecule has 3 aromatic rings. The minimum atomic E-state index is -0.399. The molecule has 0 bridgehead atoms. The summed E-state index contributed by atoms with van der Waals surface area (Å²) in [5, 5.41) is 0.519. The molecule has 0 spiro atoms. The summed E-state index contributed by atoms with van der Waals surface area (Å²) in [4.78, 5) is 15.7. The molecule has 4 nitrogen and oxygen atoms in total. The van der Waals surface area contributed by atoms with Gasteiger partial charge in [-0.1, -0.05) is 6.07 Å². The molecule has 0 atom stereocenters. The van der Waals surface area contributed by atoms with E-state index >= 15 is 0 Å². The normalized spacial score (nSPS) is 10.8. The number of aromatic amines is 1. The molecule has 3 rings (SSSR count). The Labute approximate surface area is 120 Å². The summed E-state index contributed by atoms with van der Waals surface area (Å²) < 4.78 is 18.6. The molecule has 0 amide bonds. The highest BCUT2D eigenvalue weighted by molar-refractivity contribution is 6.19. The lowest BCUT2D eigenvalue weighted by molar-refractivity contribution is 0.103. The number of ether oxygens (including phenoxy) is 1. The van der Waals surface area contributed by atoms with Crippen LogP contribution in [0.4, 0.5) is 10.1 Å². The van der Waals surface area contributed by atoms with Crippen molar-refractivity contribution in [2.75, 3.05) is 12.8 Å². The van der Waals surface area contributed by atoms with Gasteiger partial charge in [-0.2, -0.15) is 0 Å². The van der Waals surface area contributed by atoms with E-state index in [1.807, 2.05) is 0 Å². The number of nitrogens with one attached hydrogen (secondary N) is 1. The number of benzene rings is 2. The third-order valence-electron chi connectivity index (χ3n) is 3.39. The monoisotopic (exact) mass is 284 g/mol. The molecule has 21 heavy (non-hydrogen) atoms. The van der Waals surface area contributed by atoms with Gasteiger partial charge in [-0.15, -0.1) is 0 Å². The molecular weight excluding hydrogens is 271 g/mol. The quantitative estimate of drug-likeness (QED) is 0.573. The van der Waals surface area contributed by atoms with Crippen molar-refractivity contribution in [3.63, 3.8) is 0 Å². The first-order valence-electron chi connectivity index (χ1n) is 6.35. The Morgan fingerprint density at radius 1 is 1.29 bits per heavy atom. The second-order valence-corrected chi connectivity index (χ2v) is 4.65. The number of nitrogens with two attached hydrogens (primary N) is 1. The molecule has 106 valence electrons. The van der Waals surface area contributed by atoms with Crippen molar-refractivity contribution in [1.82, 2.24) is 4.98 Å². The molecule has 0 saturated carbocycles. The molecule has 0 aliphatic carbocycles. The zero-order valence-electron chi connectivity index (χ0n) is 11.3. The maximum absolute atomic E-state index is 13.4. The molecule has 0 unspecified atom stereocenters. The zero-order chi connectivity index (χ0) is 15.0. The third kappa shape index (κ3) is 2.12. The predicted octanol–water partition coefficient (Wildman–Crippen LogP) is 3.13. The number of hydrogen-bond acceptors (Lipinski definition) is 3. The Kier molecular flexibility index (Phi) is 3.10. The first kappa shape index (κ1) is 13.2. The van der Waals surface area contributed by atoms with Gasteiger partial charge in [0.15, 0.2) is 0 Å². The molecule has 0 radical (unpaired) electrons. The van der Waals surface area contributed by atoms with Crippen molar-refractivity contribution >= 4 is 22.4 Å². The minimum absolute atomic E-state index is 0.283. The fourth-order valence-electron chi connectivity index (χ4n) is 2.38. The summed E-state index contributed by atoms with van der Waals surface area (Å²) in [5.41, 5.74) is 7.55. The van der Waals surface area contributed by atoms with Crippen LogP contribution in [-0.4, -0.2) is 17.9 Å². The van der Waals surface area contributed by atoms with Crippen molar-refractivity contribution in [1.29, 1.82) is 0 Å².